The quantitative estimate of drug-likeness (QED) is 0.621. The lowest BCUT2D eigenvalue weighted by molar-refractivity contribution is -0.134. The summed E-state index contributed by atoms with van der Waals surface area (Å²) >= 11 is 0. The van der Waals surface area contributed by atoms with Crippen LogP contribution < -0.4 is 10.1 Å². The molecule has 22 heavy (non-hydrogen) atoms. The first kappa shape index (κ1) is 18.4. The molecule has 0 atom stereocenters. The summed E-state index contributed by atoms with van der Waals surface area (Å²) in [4.78, 5) is 23.6. The molecule has 0 unspecified atom stereocenters. The number of ether oxygens (including phenoxy) is 1. The van der Waals surface area contributed by atoms with Crippen LogP contribution in [0.4, 0.5) is 0 Å². The van der Waals surface area contributed by atoms with Crippen LogP contribution in [-0.2, 0) is 15.0 Å². The first-order valence-electron chi connectivity index (χ1n) is 7.64. The molecule has 1 N–H and O–H groups in total. The van der Waals surface area contributed by atoms with Crippen molar-refractivity contribution in [1.29, 1.82) is 0 Å². The molecule has 0 amide bonds. The van der Waals surface area contributed by atoms with E-state index in [1.54, 1.807) is 14.0 Å². The maximum atomic E-state index is 12.0. The Morgan fingerprint density at radius 1 is 1.18 bits per heavy atom. The number of hydrogen-bond acceptors (Lipinski definition) is 4. The number of Topliss-reactive ketones (excluding diaryl/α,β-unsaturated/α-hetero) is 1. The van der Waals surface area contributed by atoms with Gasteiger partial charge in [-0.25, -0.2) is 0 Å². The molecule has 1 rings (SSSR count). The van der Waals surface area contributed by atoms with E-state index in [4.69, 9.17) is 4.74 Å². The molecule has 122 valence electrons. The fraction of sp³-hybridized carbons (Fsp3) is 0.556. The van der Waals surface area contributed by atoms with Crippen molar-refractivity contribution in [1.82, 2.24) is 5.32 Å². The lowest BCUT2D eigenvalue weighted by Gasteiger charge is -2.29. The molecule has 0 aliphatic rings. The molecule has 0 aromatic heterocycles. The van der Waals surface area contributed by atoms with Gasteiger partial charge >= 0.3 is 5.97 Å². The van der Waals surface area contributed by atoms with E-state index in [1.165, 1.54) is 0 Å². The molecule has 0 saturated carbocycles. The largest absolute Gasteiger partial charge is 0.426 e. The van der Waals surface area contributed by atoms with Gasteiger partial charge in [0.25, 0.3) is 0 Å². The molecule has 0 spiro atoms. The maximum absolute atomic E-state index is 12.0. The second-order valence-corrected chi connectivity index (χ2v) is 6.49. The van der Waals surface area contributed by atoms with Gasteiger partial charge in [0.15, 0.2) is 0 Å². The van der Waals surface area contributed by atoms with E-state index < -0.39 is 0 Å². The minimum absolute atomic E-state index is 0.123. The maximum Gasteiger partial charge on any atom is 0.312 e. The Balaban J connectivity index is 3.23. The van der Waals surface area contributed by atoms with E-state index in [-0.39, 0.29) is 17.2 Å². The summed E-state index contributed by atoms with van der Waals surface area (Å²) in [6.45, 7) is 10.1. The monoisotopic (exact) mass is 305 g/mol. The van der Waals surface area contributed by atoms with E-state index in [0.29, 0.717) is 25.1 Å². The Kier molecular flexibility index (Phi) is 6.30. The average Bonchev–Trinajstić information content (AvgIpc) is 2.38. The molecule has 0 heterocycles. The fourth-order valence-electron chi connectivity index (χ4n) is 2.86. The number of esters is 1. The van der Waals surface area contributed by atoms with Gasteiger partial charge in [0.2, 0.25) is 0 Å². The minimum Gasteiger partial charge on any atom is -0.426 e. The SMILES string of the molecule is CNCCC(=O)Oc1c(C)ccc(C)c1C(C)(C)CC(C)=O. The second kappa shape index (κ2) is 7.54. The van der Waals surface area contributed by atoms with Crippen LogP contribution in [0.15, 0.2) is 12.1 Å². The molecular formula is C18H27NO3. The molecule has 0 aliphatic heterocycles. The molecule has 0 radical (unpaired) electrons. The standard InChI is InChI=1S/C18H27NO3/c1-12-7-8-13(2)17(22-15(21)9-10-19-6)16(12)18(4,5)11-14(3)20/h7-8,19H,9-11H2,1-6H3. The number of hydrogen-bond donors (Lipinski definition) is 1. The molecule has 0 saturated heterocycles. The van der Waals surface area contributed by atoms with E-state index in [1.807, 2.05) is 39.8 Å². The Labute approximate surface area is 133 Å². The van der Waals surface area contributed by atoms with Crippen molar-refractivity contribution in [3.63, 3.8) is 0 Å². The van der Waals surface area contributed by atoms with Gasteiger partial charge in [-0.2, -0.15) is 0 Å². The van der Waals surface area contributed by atoms with Gasteiger partial charge in [-0.3, -0.25) is 9.59 Å². The summed E-state index contributed by atoms with van der Waals surface area (Å²) < 4.78 is 5.64. The first-order valence-corrected chi connectivity index (χ1v) is 7.64. The summed E-state index contributed by atoms with van der Waals surface area (Å²) in [6.07, 6.45) is 0.731. The van der Waals surface area contributed by atoms with Crippen LogP contribution in [0, 0.1) is 13.8 Å². The van der Waals surface area contributed by atoms with Crippen LogP contribution in [0.5, 0.6) is 5.75 Å². The van der Waals surface area contributed by atoms with Gasteiger partial charge in [-0.1, -0.05) is 26.0 Å². The van der Waals surface area contributed by atoms with E-state index in [0.717, 1.165) is 16.7 Å². The zero-order valence-electron chi connectivity index (χ0n) is 14.5. The highest BCUT2D eigenvalue weighted by Gasteiger charge is 2.29. The zero-order valence-corrected chi connectivity index (χ0v) is 14.5. The summed E-state index contributed by atoms with van der Waals surface area (Å²) in [5, 5.41) is 2.94. The first-order chi connectivity index (χ1) is 10.2. The van der Waals surface area contributed by atoms with Crippen molar-refractivity contribution in [2.24, 2.45) is 0 Å². The number of rotatable bonds is 7. The Hall–Kier alpha value is -1.68. The molecule has 1 aromatic carbocycles. The predicted octanol–water partition coefficient (Wildman–Crippen LogP) is 3.08. The van der Waals surface area contributed by atoms with Crippen LogP contribution in [0.25, 0.3) is 0 Å². The number of benzene rings is 1. The van der Waals surface area contributed by atoms with Crippen LogP contribution in [0.1, 0.15) is 50.3 Å². The summed E-state index contributed by atoms with van der Waals surface area (Å²) in [5.41, 5.74) is 2.52. The van der Waals surface area contributed by atoms with Crippen molar-refractivity contribution < 1.29 is 14.3 Å². The molecule has 0 fully saturated rings. The Morgan fingerprint density at radius 2 is 1.77 bits per heavy atom. The summed E-state index contributed by atoms with van der Waals surface area (Å²) in [6, 6.07) is 3.96. The van der Waals surface area contributed by atoms with Crippen LogP contribution in [0.2, 0.25) is 0 Å². The van der Waals surface area contributed by atoms with Gasteiger partial charge < -0.3 is 10.1 Å². The number of carbonyl (C=O) groups excluding carboxylic acids is 2. The normalized spacial score (nSPS) is 11.4. The smallest absolute Gasteiger partial charge is 0.312 e. The van der Waals surface area contributed by atoms with Crippen molar-refractivity contribution >= 4 is 11.8 Å². The number of nitrogens with one attached hydrogen (secondary N) is 1. The average molecular weight is 305 g/mol. The highest BCUT2D eigenvalue weighted by atomic mass is 16.5. The van der Waals surface area contributed by atoms with Gasteiger partial charge in [0.05, 0.1) is 6.42 Å². The number of ketones is 1. The highest BCUT2D eigenvalue weighted by Crippen LogP contribution is 2.39. The zero-order chi connectivity index (χ0) is 16.9. The van der Waals surface area contributed by atoms with Crippen molar-refractivity contribution in [3.05, 3.63) is 28.8 Å². The Morgan fingerprint density at radius 3 is 2.32 bits per heavy atom. The molecule has 4 heteroatoms. The van der Waals surface area contributed by atoms with Gasteiger partial charge in [-0.15, -0.1) is 0 Å². The lowest BCUT2D eigenvalue weighted by Crippen LogP contribution is -2.25. The van der Waals surface area contributed by atoms with E-state index >= 15 is 0 Å². The molecule has 0 aliphatic carbocycles. The summed E-state index contributed by atoms with van der Waals surface area (Å²) in [5.74, 6) is 0.466. The fourth-order valence-corrected chi connectivity index (χ4v) is 2.86. The third kappa shape index (κ3) is 4.67. The molecule has 1 aromatic rings. The molecule has 0 bridgehead atoms. The predicted molar refractivity (Wildman–Crippen MR) is 88.4 cm³/mol. The number of aryl methyl sites for hydroxylation is 2. The van der Waals surface area contributed by atoms with Gasteiger partial charge in [-0.05, 0) is 38.9 Å². The lowest BCUT2D eigenvalue weighted by atomic mass is 9.77. The third-order valence-electron chi connectivity index (χ3n) is 3.73. The van der Waals surface area contributed by atoms with Crippen molar-refractivity contribution in [2.75, 3.05) is 13.6 Å². The van der Waals surface area contributed by atoms with Gasteiger partial charge in [0, 0.05) is 23.9 Å². The van der Waals surface area contributed by atoms with E-state index in [2.05, 4.69) is 5.32 Å². The van der Waals surface area contributed by atoms with Crippen molar-refractivity contribution in [2.45, 2.75) is 52.9 Å². The minimum atomic E-state index is -0.374. The highest BCUT2D eigenvalue weighted by molar-refractivity contribution is 5.78. The summed E-state index contributed by atoms with van der Waals surface area (Å²) in [7, 11) is 1.80. The van der Waals surface area contributed by atoms with Crippen LogP contribution in [0.3, 0.4) is 0 Å². The topological polar surface area (TPSA) is 55.4 Å². The van der Waals surface area contributed by atoms with Gasteiger partial charge in [0.1, 0.15) is 11.5 Å². The molecule has 4 nitrogen and oxygen atoms in total. The third-order valence-corrected chi connectivity index (χ3v) is 3.73. The number of carbonyl (C=O) groups is 2. The van der Waals surface area contributed by atoms with Crippen LogP contribution >= 0.6 is 0 Å². The molecular weight excluding hydrogens is 278 g/mol. The van der Waals surface area contributed by atoms with Crippen molar-refractivity contribution in [3.8, 4) is 5.75 Å². The second-order valence-electron chi connectivity index (χ2n) is 6.49. The van der Waals surface area contributed by atoms with Crippen LogP contribution in [-0.4, -0.2) is 25.3 Å². The van der Waals surface area contributed by atoms with E-state index in [9.17, 15) is 9.59 Å². The Bertz CT molecular complexity index is 562.